The summed E-state index contributed by atoms with van der Waals surface area (Å²) in [7, 11) is -3.73. The maximum absolute atomic E-state index is 12.3. The average Bonchev–Trinajstić information content (AvgIpc) is 2.55. The van der Waals surface area contributed by atoms with E-state index < -0.39 is 34.2 Å². The molecule has 1 heterocycles. The van der Waals surface area contributed by atoms with Gasteiger partial charge in [0.1, 0.15) is 5.75 Å². The minimum absolute atomic E-state index is 0.158. The van der Waals surface area contributed by atoms with E-state index in [4.69, 9.17) is 0 Å². The van der Waals surface area contributed by atoms with Gasteiger partial charge in [-0.25, -0.2) is 4.79 Å². The summed E-state index contributed by atoms with van der Waals surface area (Å²) in [6.07, 6.45) is -3.63. The lowest BCUT2D eigenvalue weighted by Crippen LogP contribution is -2.50. The van der Waals surface area contributed by atoms with E-state index in [-0.39, 0.29) is 12.2 Å². The largest absolute Gasteiger partial charge is 0.573 e. The first-order valence-corrected chi connectivity index (χ1v) is 9.44. The number of sulfonamides is 1. The molecule has 1 aromatic carbocycles. The Labute approximate surface area is 154 Å². The van der Waals surface area contributed by atoms with Crippen LogP contribution in [0.4, 0.5) is 23.7 Å². The molecule has 148 valence electrons. The summed E-state index contributed by atoms with van der Waals surface area (Å²) < 4.78 is 66.0. The number of likely N-dealkylation sites (tertiary alicyclic amines) is 1. The molecule has 2 amide bonds. The van der Waals surface area contributed by atoms with Gasteiger partial charge >= 0.3 is 12.4 Å². The zero-order valence-electron chi connectivity index (χ0n) is 14.3. The van der Waals surface area contributed by atoms with Crippen LogP contribution in [0, 0.1) is 11.2 Å². The van der Waals surface area contributed by atoms with Crippen molar-refractivity contribution in [3.8, 4) is 16.9 Å². The first-order chi connectivity index (χ1) is 12.6. The van der Waals surface area contributed by atoms with Gasteiger partial charge in [-0.1, -0.05) is 5.92 Å². The Hall–Kier alpha value is -2.45. The number of nitrogens with zero attached hydrogens (tertiary/aromatic N) is 1. The highest BCUT2D eigenvalue weighted by atomic mass is 32.2. The predicted molar refractivity (Wildman–Crippen MR) is 92.2 cm³/mol. The number of alkyl halides is 3. The molecule has 1 saturated heterocycles. The quantitative estimate of drug-likeness (QED) is 0.754. The van der Waals surface area contributed by atoms with Gasteiger partial charge in [-0.15, -0.1) is 13.2 Å². The van der Waals surface area contributed by atoms with Crippen molar-refractivity contribution in [2.24, 2.45) is 0 Å². The molecular weight excluding hydrogens is 387 g/mol. The Morgan fingerprint density at radius 3 is 2.56 bits per heavy atom. The summed E-state index contributed by atoms with van der Waals surface area (Å²) in [6, 6.07) is 3.78. The fraction of sp³-hybridized carbons (Fsp3) is 0.438. The second-order valence-corrected chi connectivity index (χ2v) is 7.21. The fourth-order valence-electron chi connectivity index (χ4n) is 2.58. The van der Waals surface area contributed by atoms with Crippen molar-refractivity contribution in [2.75, 3.05) is 18.4 Å². The first-order valence-electron chi connectivity index (χ1n) is 7.95. The van der Waals surface area contributed by atoms with Crippen molar-refractivity contribution in [3.63, 3.8) is 0 Å². The van der Waals surface area contributed by atoms with Crippen LogP contribution < -0.4 is 14.8 Å². The Kier molecular flexibility index (Phi) is 6.56. The summed E-state index contributed by atoms with van der Waals surface area (Å²) in [5.74, 6) is 1.91. The van der Waals surface area contributed by atoms with Crippen LogP contribution in [0.2, 0.25) is 0 Å². The SMILES string of the molecule is CC#CS(=O)(=O)N[C@@H]1CCCN(C(=O)Nc2ccc(OC(F)(F)F)cc2)C1. The second-order valence-electron chi connectivity index (χ2n) is 5.76. The highest BCUT2D eigenvalue weighted by Gasteiger charge is 2.31. The Balaban J connectivity index is 1.94. The zero-order chi connectivity index (χ0) is 20.1. The summed E-state index contributed by atoms with van der Waals surface area (Å²) >= 11 is 0. The molecule has 0 bridgehead atoms. The van der Waals surface area contributed by atoms with Gasteiger partial charge in [0.05, 0.1) is 0 Å². The predicted octanol–water partition coefficient (Wildman–Crippen LogP) is 2.48. The minimum Gasteiger partial charge on any atom is -0.406 e. The van der Waals surface area contributed by atoms with E-state index in [0.29, 0.717) is 19.4 Å². The van der Waals surface area contributed by atoms with Crippen molar-refractivity contribution in [2.45, 2.75) is 32.2 Å². The van der Waals surface area contributed by atoms with Gasteiger partial charge in [-0.05, 0) is 44.0 Å². The molecule has 1 aliphatic rings. The van der Waals surface area contributed by atoms with Gasteiger partial charge in [0.25, 0.3) is 10.0 Å². The number of nitrogens with one attached hydrogen (secondary N) is 2. The number of carbonyl (C=O) groups is 1. The van der Waals surface area contributed by atoms with Crippen LogP contribution >= 0.6 is 0 Å². The Morgan fingerprint density at radius 1 is 1.30 bits per heavy atom. The molecule has 0 unspecified atom stereocenters. The standard InChI is InChI=1S/C16H18F3N3O4S/c1-2-10-27(24,25)21-13-4-3-9-22(11-13)15(23)20-12-5-7-14(8-6-12)26-16(17,18)19/h5-8,13,21H,3-4,9,11H2,1H3,(H,20,23)/t13-/m1/s1. The topological polar surface area (TPSA) is 87.7 Å². The normalized spacial score (nSPS) is 17.6. The lowest BCUT2D eigenvalue weighted by Gasteiger charge is -2.32. The third kappa shape index (κ3) is 6.99. The molecule has 1 aromatic rings. The minimum atomic E-state index is -4.79. The van der Waals surface area contributed by atoms with Crippen LogP contribution in [0.25, 0.3) is 0 Å². The van der Waals surface area contributed by atoms with Crippen molar-refractivity contribution < 1.29 is 31.1 Å². The molecule has 0 aliphatic carbocycles. The van der Waals surface area contributed by atoms with Crippen LogP contribution in [0.3, 0.4) is 0 Å². The number of anilines is 1. The van der Waals surface area contributed by atoms with E-state index in [2.05, 4.69) is 25.9 Å². The molecule has 11 heteroatoms. The fourth-order valence-corrected chi connectivity index (χ4v) is 3.54. The van der Waals surface area contributed by atoms with E-state index in [1.807, 2.05) is 0 Å². The molecule has 1 fully saturated rings. The van der Waals surface area contributed by atoms with Crippen molar-refractivity contribution in [1.29, 1.82) is 0 Å². The van der Waals surface area contributed by atoms with Crippen LogP contribution in [0.5, 0.6) is 5.75 Å². The van der Waals surface area contributed by atoms with Gasteiger partial charge in [-0.2, -0.15) is 13.1 Å². The average molecular weight is 405 g/mol. The zero-order valence-corrected chi connectivity index (χ0v) is 15.2. The number of rotatable bonds is 4. The molecule has 0 saturated carbocycles. The molecular formula is C16H18F3N3O4S. The van der Waals surface area contributed by atoms with Crippen LogP contribution in [0.15, 0.2) is 24.3 Å². The molecule has 1 aliphatic heterocycles. The molecule has 2 rings (SSSR count). The first kappa shape index (κ1) is 20.9. The number of piperidine rings is 1. The van der Waals surface area contributed by atoms with E-state index in [1.54, 1.807) is 0 Å². The molecule has 0 aromatic heterocycles. The number of hydrogen-bond donors (Lipinski definition) is 2. The molecule has 7 nitrogen and oxygen atoms in total. The van der Waals surface area contributed by atoms with Crippen LogP contribution in [-0.2, 0) is 10.0 Å². The summed E-state index contributed by atoms with van der Waals surface area (Å²) in [5, 5.41) is 4.63. The number of carbonyl (C=O) groups excluding carboxylic acids is 1. The highest BCUT2D eigenvalue weighted by Crippen LogP contribution is 2.24. The summed E-state index contributed by atoms with van der Waals surface area (Å²) in [5.41, 5.74) is 0.286. The summed E-state index contributed by atoms with van der Waals surface area (Å²) in [6.45, 7) is 2.00. The van der Waals surface area contributed by atoms with Crippen LogP contribution in [-0.4, -0.2) is 44.8 Å². The van der Waals surface area contributed by atoms with Crippen molar-refractivity contribution in [3.05, 3.63) is 24.3 Å². The second kappa shape index (κ2) is 8.49. The van der Waals surface area contributed by atoms with Gasteiger partial charge < -0.3 is 15.0 Å². The molecule has 0 radical (unpaired) electrons. The number of urea groups is 1. The summed E-state index contributed by atoms with van der Waals surface area (Å²) in [4.78, 5) is 13.7. The van der Waals surface area contributed by atoms with Crippen molar-refractivity contribution in [1.82, 2.24) is 9.62 Å². The highest BCUT2D eigenvalue weighted by molar-refractivity contribution is 7.94. The number of hydrogen-bond acceptors (Lipinski definition) is 4. The van der Waals surface area contributed by atoms with Gasteiger partial charge in [0.2, 0.25) is 0 Å². The molecule has 2 N–H and O–H groups in total. The number of ether oxygens (including phenoxy) is 1. The maximum Gasteiger partial charge on any atom is 0.573 e. The van der Waals surface area contributed by atoms with Gasteiger partial charge in [-0.3, -0.25) is 0 Å². The van der Waals surface area contributed by atoms with E-state index in [9.17, 15) is 26.4 Å². The smallest absolute Gasteiger partial charge is 0.406 e. The van der Waals surface area contributed by atoms with Crippen molar-refractivity contribution >= 4 is 21.7 Å². The lowest BCUT2D eigenvalue weighted by atomic mass is 10.1. The van der Waals surface area contributed by atoms with Gasteiger partial charge in [0.15, 0.2) is 0 Å². The number of benzene rings is 1. The number of amides is 2. The third-order valence-electron chi connectivity index (χ3n) is 3.61. The Morgan fingerprint density at radius 2 is 1.96 bits per heavy atom. The number of halogens is 3. The van der Waals surface area contributed by atoms with Crippen LogP contribution in [0.1, 0.15) is 19.8 Å². The Bertz CT molecular complexity index is 829. The molecule has 1 atom stereocenters. The van der Waals surface area contributed by atoms with E-state index >= 15 is 0 Å². The van der Waals surface area contributed by atoms with Gasteiger partial charge in [0, 0.05) is 30.1 Å². The molecule has 27 heavy (non-hydrogen) atoms. The van der Waals surface area contributed by atoms with E-state index in [1.165, 1.54) is 24.0 Å². The maximum atomic E-state index is 12.3. The van der Waals surface area contributed by atoms with E-state index in [0.717, 1.165) is 12.1 Å². The monoisotopic (exact) mass is 405 g/mol. The lowest BCUT2D eigenvalue weighted by molar-refractivity contribution is -0.274. The third-order valence-corrected chi connectivity index (χ3v) is 4.72. The molecule has 0 spiro atoms.